The topological polar surface area (TPSA) is 41.3 Å². The van der Waals surface area contributed by atoms with Crippen molar-refractivity contribution in [1.29, 1.82) is 0 Å². The van der Waals surface area contributed by atoms with E-state index in [4.69, 9.17) is 4.42 Å². The molecule has 4 nitrogen and oxygen atoms in total. The highest BCUT2D eigenvalue weighted by molar-refractivity contribution is 5.05. The maximum absolute atomic E-state index is 5.63. The van der Waals surface area contributed by atoms with Crippen LogP contribution in [0.4, 0.5) is 0 Å². The van der Waals surface area contributed by atoms with Crippen molar-refractivity contribution in [2.45, 2.75) is 20.4 Å². The number of aromatic nitrogens is 1. The molecule has 0 unspecified atom stereocenters. The van der Waals surface area contributed by atoms with Gasteiger partial charge in [0, 0.05) is 13.1 Å². The third-order valence-electron chi connectivity index (χ3n) is 3.90. The second kappa shape index (κ2) is 3.86. The fourth-order valence-corrected chi connectivity index (χ4v) is 2.88. The fourth-order valence-electron chi connectivity index (χ4n) is 2.88. The lowest BCUT2D eigenvalue weighted by Crippen LogP contribution is -2.25. The van der Waals surface area contributed by atoms with E-state index in [-0.39, 0.29) is 0 Å². The summed E-state index contributed by atoms with van der Waals surface area (Å²) >= 11 is 0. The molecule has 0 spiro atoms. The Morgan fingerprint density at radius 3 is 2.56 bits per heavy atom. The number of fused-ring (bicyclic) bond motifs is 1. The van der Waals surface area contributed by atoms with Gasteiger partial charge in [-0.3, -0.25) is 4.90 Å². The molecule has 1 aromatic rings. The number of nitrogens with one attached hydrogen (secondary N) is 1. The number of hydrogen-bond donors (Lipinski definition) is 1. The van der Waals surface area contributed by atoms with Crippen molar-refractivity contribution in [2.24, 2.45) is 11.8 Å². The van der Waals surface area contributed by atoms with Gasteiger partial charge in [-0.15, -0.1) is 0 Å². The van der Waals surface area contributed by atoms with Gasteiger partial charge >= 0.3 is 0 Å². The van der Waals surface area contributed by atoms with Crippen LogP contribution >= 0.6 is 0 Å². The molecule has 3 heterocycles. The Morgan fingerprint density at radius 1 is 1.31 bits per heavy atom. The molecule has 16 heavy (non-hydrogen) atoms. The molecule has 1 N–H and O–H groups in total. The van der Waals surface area contributed by atoms with Crippen molar-refractivity contribution in [3.8, 4) is 0 Å². The highest BCUT2D eigenvalue weighted by Gasteiger charge is 2.36. The lowest BCUT2D eigenvalue weighted by Gasteiger charge is -2.14. The summed E-state index contributed by atoms with van der Waals surface area (Å²) in [5.41, 5.74) is 1.02. The number of rotatable bonds is 2. The van der Waals surface area contributed by atoms with E-state index in [1.165, 1.54) is 26.2 Å². The summed E-state index contributed by atoms with van der Waals surface area (Å²) in [6, 6.07) is 0. The molecule has 1 aromatic heterocycles. The summed E-state index contributed by atoms with van der Waals surface area (Å²) in [7, 11) is 0. The Bertz CT molecular complexity index is 356. The number of aryl methyl sites for hydroxylation is 2. The van der Waals surface area contributed by atoms with Crippen LogP contribution in [0.25, 0.3) is 0 Å². The molecule has 2 aliphatic heterocycles. The molecule has 2 aliphatic rings. The molecule has 2 atom stereocenters. The van der Waals surface area contributed by atoms with Crippen LogP contribution < -0.4 is 5.32 Å². The van der Waals surface area contributed by atoms with E-state index in [2.05, 4.69) is 15.2 Å². The van der Waals surface area contributed by atoms with Gasteiger partial charge in [-0.1, -0.05) is 0 Å². The largest absolute Gasteiger partial charge is 0.444 e. The standard InChI is InChI=1S/C12H19N3O/c1-8-9(2)16-12(14-8)7-15-5-10-3-13-4-11(10)6-15/h10-11,13H,3-7H2,1-2H3/t10-,11+. The second-order valence-electron chi connectivity index (χ2n) is 5.12. The Morgan fingerprint density at radius 2 is 2.00 bits per heavy atom. The molecule has 0 bridgehead atoms. The van der Waals surface area contributed by atoms with E-state index in [0.717, 1.165) is 35.7 Å². The summed E-state index contributed by atoms with van der Waals surface area (Å²) < 4.78 is 5.63. The normalized spacial score (nSPS) is 29.9. The predicted molar refractivity (Wildman–Crippen MR) is 61.1 cm³/mol. The van der Waals surface area contributed by atoms with Crippen LogP contribution in [-0.4, -0.2) is 36.1 Å². The summed E-state index contributed by atoms with van der Waals surface area (Å²) in [4.78, 5) is 6.92. The number of nitrogens with zero attached hydrogens (tertiary/aromatic N) is 2. The van der Waals surface area contributed by atoms with E-state index in [9.17, 15) is 0 Å². The monoisotopic (exact) mass is 221 g/mol. The molecule has 2 fully saturated rings. The van der Waals surface area contributed by atoms with Crippen LogP contribution in [0.3, 0.4) is 0 Å². The maximum Gasteiger partial charge on any atom is 0.208 e. The van der Waals surface area contributed by atoms with E-state index in [1.54, 1.807) is 0 Å². The molecule has 0 aromatic carbocycles. The van der Waals surface area contributed by atoms with Crippen LogP contribution in [0.1, 0.15) is 17.3 Å². The Kier molecular flexibility index (Phi) is 2.48. The molecule has 3 rings (SSSR count). The van der Waals surface area contributed by atoms with Gasteiger partial charge in [-0.05, 0) is 38.8 Å². The first kappa shape index (κ1) is 10.3. The third-order valence-corrected chi connectivity index (χ3v) is 3.90. The van der Waals surface area contributed by atoms with Gasteiger partial charge in [-0.25, -0.2) is 4.98 Å². The van der Waals surface area contributed by atoms with Crippen molar-refractivity contribution in [1.82, 2.24) is 15.2 Å². The highest BCUT2D eigenvalue weighted by Crippen LogP contribution is 2.27. The molecule has 0 radical (unpaired) electrons. The minimum atomic E-state index is 0.845. The SMILES string of the molecule is Cc1nc(CN2C[C@H]3CNC[C@H]3C2)oc1C. The lowest BCUT2D eigenvalue weighted by molar-refractivity contribution is 0.269. The number of hydrogen-bond acceptors (Lipinski definition) is 4. The summed E-state index contributed by atoms with van der Waals surface area (Å²) in [5.74, 6) is 3.52. The Hall–Kier alpha value is -0.870. The summed E-state index contributed by atoms with van der Waals surface area (Å²) in [6.45, 7) is 9.62. The van der Waals surface area contributed by atoms with Crippen LogP contribution in [-0.2, 0) is 6.54 Å². The molecule has 4 heteroatoms. The Labute approximate surface area is 96.0 Å². The first-order valence-electron chi connectivity index (χ1n) is 6.08. The highest BCUT2D eigenvalue weighted by atomic mass is 16.4. The lowest BCUT2D eigenvalue weighted by atomic mass is 10.0. The number of oxazole rings is 1. The fraction of sp³-hybridized carbons (Fsp3) is 0.750. The molecule has 0 saturated carbocycles. The number of likely N-dealkylation sites (tertiary alicyclic amines) is 1. The van der Waals surface area contributed by atoms with Gasteiger partial charge in [0.15, 0.2) is 0 Å². The molecule has 0 amide bonds. The smallest absolute Gasteiger partial charge is 0.208 e. The van der Waals surface area contributed by atoms with Crippen molar-refractivity contribution in [3.05, 3.63) is 17.3 Å². The van der Waals surface area contributed by atoms with Gasteiger partial charge in [-0.2, -0.15) is 0 Å². The molecular formula is C12H19N3O. The average molecular weight is 221 g/mol. The second-order valence-corrected chi connectivity index (χ2v) is 5.12. The molecule has 0 aliphatic carbocycles. The van der Waals surface area contributed by atoms with Crippen molar-refractivity contribution < 1.29 is 4.42 Å². The van der Waals surface area contributed by atoms with Crippen LogP contribution in [0.2, 0.25) is 0 Å². The maximum atomic E-state index is 5.63. The van der Waals surface area contributed by atoms with Crippen LogP contribution in [0, 0.1) is 25.7 Å². The van der Waals surface area contributed by atoms with E-state index < -0.39 is 0 Å². The van der Waals surface area contributed by atoms with E-state index in [1.807, 2.05) is 13.8 Å². The third kappa shape index (κ3) is 1.76. The van der Waals surface area contributed by atoms with Crippen molar-refractivity contribution in [2.75, 3.05) is 26.2 Å². The average Bonchev–Trinajstić information content (AvgIpc) is 2.83. The minimum Gasteiger partial charge on any atom is -0.444 e. The predicted octanol–water partition coefficient (Wildman–Crippen LogP) is 0.943. The van der Waals surface area contributed by atoms with Crippen molar-refractivity contribution in [3.63, 3.8) is 0 Å². The van der Waals surface area contributed by atoms with Crippen LogP contribution in [0.15, 0.2) is 4.42 Å². The molecule has 88 valence electrons. The van der Waals surface area contributed by atoms with Gasteiger partial charge in [0.05, 0.1) is 12.2 Å². The zero-order valence-corrected chi connectivity index (χ0v) is 9.99. The molecule has 2 saturated heterocycles. The van der Waals surface area contributed by atoms with Crippen molar-refractivity contribution >= 4 is 0 Å². The van der Waals surface area contributed by atoms with Gasteiger partial charge in [0.2, 0.25) is 5.89 Å². The Balaban J connectivity index is 1.64. The van der Waals surface area contributed by atoms with Gasteiger partial charge in [0.1, 0.15) is 5.76 Å². The summed E-state index contributed by atoms with van der Waals surface area (Å²) in [6.07, 6.45) is 0. The first-order chi connectivity index (χ1) is 7.72. The summed E-state index contributed by atoms with van der Waals surface area (Å²) in [5, 5.41) is 3.46. The van der Waals surface area contributed by atoms with Gasteiger partial charge < -0.3 is 9.73 Å². The minimum absolute atomic E-state index is 0.845. The quantitative estimate of drug-likeness (QED) is 0.807. The van der Waals surface area contributed by atoms with E-state index >= 15 is 0 Å². The van der Waals surface area contributed by atoms with Gasteiger partial charge in [0.25, 0.3) is 0 Å². The molecular weight excluding hydrogens is 202 g/mol. The zero-order chi connectivity index (χ0) is 11.1. The first-order valence-corrected chi connectivity index (χ1v) is 6.08. The van der Waals surface area contributed by atoms with Crippen LogP contribution in [0.5, 0.6) is 0 Å². The van der Waals surface area contributed by atoms with E-state index in [0.29, 0.717) is 0 Å². The zero-order valence-electron chi connectivity index (χ0n) is 9.99.